The normalized spacial score (nSPS) is 17.2. The number of ether oxygens (including phenoxy) is 2. The van der Waals surface area contributed by atoms with Crippen LogP contribution in [0.25, 0.3) is 20.4 Å². The van der Waals surface area contributed by atoms with Gasteiger partial charge in [-0.05, 0) is 32.3 Å². The molecule has 0 radical (unpaired) electrons. The van der Waals surface area contributed by atoms with Crippen LogP contribution in [0, 0.1) is 0 Å². The summed E-state index contributed by atoms with van der Waals surface area (Å²) in [6.45, 7) is 13.9. The highest BCUT2D eigenvalue weighted by molar-refractivity contribution is 8.00. The van der Waals surface area contributed by atoms with Crippen LogP contribution in [0.3, 0.4) is 0 Å². The molecule has 0 atom stereocenters. The van der Waals surface area contributed by atoms with Gasteiger partial charge in [-0.3, -0.25) is 4.79 Å². The molecule has 1 amide bonds. The molecule has 10 heteroatoms. The lowest BCUT2D eigenvalue weighted by Gasteiger charge is -2.36. The van der Waals surface area contributed by atoms with Gasteiger partial charge in [0.2, 0.25) is 5.91 Å². The molecule has 2 aliphatic heterocycles. The van der Waals surface area contributed by atoms with E-state index in [0.29, 0.717) is 25.6 Å². The Morgan fingerprint density at radius 1 is 1.13 bits per heavy atom. The standard InChI is InChI=1S/C28H39N5O3S2/c1-5-7-9-32(10-8-6-2)21(34)17-37-27-24-23(29-18-30-27)22-19-15-28(3,4)36-16-20(19)25(31-26(22)38-24)33-11-13-35-14-12-33/h18H,5-17H2,1-4H3. The SMILES string of the molecule is CCCCN(CCCC)C(=O)CSc1ncnc2c1sc1nc(N3CCOCC3)c3c(c12)CC(C)(C)OC3. The first-order chi connectivity index (χ1) is 18.4. The zero-order chi connectivity index (χ0) is 26.7. The number of pyridine rings is 1. The predicted octanol–water partition coefficient (Wildman–Crippen LogP) is 5.45. The molecular formula is C28H39N5O3S2. The van der Waals surface area contributed by atoms with Crippen molar-refractivity contribution in [2.45, 2.75) is 77.0 Å². The summed E-state index contributed by atoms with van der Waals surface area (Å²) in [5.74, 6) is 1.59. The van der Waals surface area contributed by atoms with Crippen LogP contribution >= 0.6 is 23.1 Å². The smallest absolute Gasteiger partial charge is 0.232 e. The molecule has 0 N–H and O–H groups in total. The van der Waals surface area contributed by atoms with Crippen molar-refractivity contribution in [3.8, 4) is 0 Å². The second kappa shape index (κ2) is 12.0. The molecule has 1 saturated heterocycles. The lowest BCUT2D eigenvalue weighted by atomic mass is 9.90. The summed E-state index contributed by atoms with van der Waals surface area (Å²) in [7, 11) is 0. The summed E-state index contributed by atoms with van der Waals surface area (Å²) < 4.78 is 12.9. The van der Waals surface area contributed by atoms with Gasteiger partial charge in [-0.2, -0.15) is 0 Å². The number of fused-ring (bicyclic) bond motifs is 5. The van der Waals surface area contributed by atoms with E-state index in [0.717, 1.165) is 89.6 Å². The average Bonchev–Trinajstić information content (AvgIpc) is 3.30. The highest BCUT2D eigenvalue weighted by Crippen LogP contribution is 2.44. The number of carbonyl (C=O) groups excluding carboxylic acids is 1. The van der Waals surface area contributed by atoms with Gasteiger partial charge >= 0.3 is 0 Å². The summed E-state index contributed by atoms with van der Waals surface area (Å²) >= 11 is 3.17. The molecule has 5 heterocycles. The second-order valence-electron chi connectivity index (χ2n) is 10.7. The van der Waals surface area contributed by atoms with Crippen molar-refractivity contribution < 1.29 is 14.3 Å². The van der Waals surface area contributed by atoms with Crippen LogP contribution in [-0.4, -0.2) is 76.5 Å². The van der Waals surface area contributed by atoms with Gasteiger partial charge in [0.1, 0.15) is 22.0 Å². The maximum atomic E-state index is 13.1. The zero-order valence-electron chi connectivity index (χ0n) is 23.0. The van der Waals surface area contributed by atoms with Gasteiger partial charge in [-0.25, -0.2) is 15.0 Å². The van der Waals surface area contributed by atoms with E-state index in [2.05, 4.69) is 37.6 Å². The molecule has 0 aliphatic carbocycles. The number of morpholine rings is 1. The number of hydrogen-bond donors (Lipinski definition) is 0. The molecule has 0 aromatic carbocycles. The summed E-state index contributed by atoms with van der Waals surface area (Å²) in [4.78, 5) is 33.0. The monoisotopic (exact) mass is 557 g/mol. The summed E-state index contributed by atoms with van der Waals surface area (Å²) in [6, 6.07) is 0. The molecular weight excluding hydrogens is 518 g/mol. The van der Waals surface area contributed by atoms with E-state index in [1.165, 1.54) is 22.9 Å². The molecule has 0 saturated carbocycles. The van der Waals surface area contributed by atoms with Crippen LogP contribution in [0.4, 0.5) is 5.82 Å². The Kier molecular flexibility index (Phi) is 8.72. The van der Waals surface area contributed by atoms with Crippen molar-refractivity contribution in [2.75, 3.05) is 50.0 Å². The molecule has 0 unspecified atom stereocenters. The molecule has 5 rings (SSSR count). The highest BCUT2D eigenvalue weighted by atomic mass is 32.2. The molecule has 0 bridgehead atoms. The van der Waals surface area contributed by atoms with Crippen molar-refractivity contribution in [2.24, 2.45) is 0 Å². The molecule has 206 valence electrons. The van der Waals surface area contributed by atoms with Crippen molar-refractivity contribution >= 4 is 55.3 Å². The van der Waals surface area contributed by atoms with Crippen molar-refractivity contribution in [3.63, 3.8) is 0 Å². The lowest BCUT2D eigenvalue weighted by molar-refractivity contribution is -0.128. The third kappa shape index (κ3) is 5.78. The van der Waals surface area contributed by atoms with E-state index in [1.807, 2.05) is 4.90 Å². The van der Waals surface area contributed by atoms with Gasteiger partial charge in [0, 0.05) is 43.5 Å². The second-order valence-corrected chi connectivity index (χ2v) is 12.7. The van der Waals surface area contributed by atoms with Gasteiger partial charge in [-0.1, -0.05) is 38.5 Å². The number of anilines is 1. The van der Waals surface area contributed by atoms with Gasteiger partial charge in [0.25, 0.3) is 0 Å². The van der Waals surface area contributed by atoms with Crippen LogP contribution in [0.2, 0.25) is 0 Å². The quantitative estimate of drug-likeness (QED) is 0.241. The van der Waals surface area contributed by atoms with E-state index in [-0.39, 0.29) is 11.5 Å². The first-order valence-corrected chi connectivity index (χ1v) is 15.7. The molecule has 3 aromatic rings. The third-order valence-electron chi connectivity index (χ3n) is 7.33. The van der Waals surface area contributed by atoms with Crippen molar-refractivity contribution in [3.05, 3.63) is 17.5 Å². The number of unbranched alkanes of at least 4 members (excludes halogenated alkanes) is 2. The van der Waals surface area contributed by atoms with E-state index < -0.39 is 0 Å². The molecule has 38 heavy (non-hydrogen) atoms. The number of carbonyl (C=O) groups is 1. The average molecular weight is 558 g/mol. The Bertz CT molecular complexity index is 1280. The summed E-state index contributed by atoms with van der Waals surface area (Å²) in [5, 5.41) is 1.99. The maximum absolute atomic E-state index is 13.1. The maximum Gasteiger partial charge on any atom is 0.232 e. The van der Waals surface area contributed by atoms with Gasteiger partial charge in [0.05, 0.1) is 41.4 Å². The van der Waals surface area contributed by atoms with E-state index >= 15 is 0 Å². The number of amides is 1. The Morgan fingerprint density at radius 3 is 2.58 bits per heavy atom. The van der Waals surface area contributed by atoms with E-state index in [4.69, 9.17) is 19.4 Å². The van der Waals surface area contributed by atoms with Crippen LogP contribution in [0.5, 0.6) is 0 Å². The Balaban J connectivity index is 1.50. The first-order valence-electron chi connectivity index (χ1n) is 13.9. The van der Waals surface area contributed by atoms with E-state index in [9.17, 15) is 4.79 Å². The summed E-state index contributed by atoms with van der Waals surface area (Å²) in [5.41, 5.74) is 3.15. The third-order valence-corrected chi connectivity index (χ3v) is 9.52. The van der Waals surface area contributed by atoms with Crippen LogP contribution < -0.4 is 4.90 Å². The minimum absolute atomic E-state index is 0.189. The minimum atomic E-state index is -0.255. The largest absolute Gasteiger partial charge is 0.378 e. The van der Waals surface area contributed by atoms with Crippen LogP contribution in [0.15, 0.2) is 11.4 Å². The number of rotatable bonds is 10. The molecule has 3 aromatic heterocycles. The number of aromatic nitrogens is 3. The number of hydrogen-bond acceptors (Lipinski definition) is 9. The van der Waals surface area contributed by atoms with E-state index in [1.54, 1.807) is 17.7 Å². The topological polar surface area (TPSA) is 80.7 Å². The number of nitrogens with zero attached hydrogens (tertiary/aromatic N) is 5. The molecule has 0 spiro atoms. The number of thiophene rings is 1. The Labute approximate surface area is 233 Å². The van der Waals surface area contributed by atoms with Gasteiger partial charge < -0.3 is 19.3 Å². The number of thioether (sulfide) groups is 1. The van der Waals surface area contributed by atoms with Crippen LogP contribution in [-0.2, 0) is 27.3 Å². The summed E-state index contributed by atoms with van der Waals surface area (Å²) in [6.07, 6.45) is 6.69. The van der Waals surface area contributed by atoms with Gasteiger partial charge in [0.15, 0.2) is 0 Å². The van der Waals surface area contributed by atoms with Crippen molar-refractivity contribution in [1.82, 2.24) is 19.9 Å². The lowest BCUT2D eigenvalue weighted by Crippen LogP contribution is -2.39. The molecule has 2 aliphatic rings. The Hall–Kier alpha value is -2.01. The first kappa shape index (κ1) is 27.6. The minimum Gasteiger partial charge on any atom is -0.378 e. The fraction of sp³-hybridized carbons (Fsp3) is 0.643. The fourth-order valence-electron chi connectivity index (χ4n) is 5.19. The zero-order valence-corrected chi connectivity index (χ0v) is 24.7. The van der Waals surface area contributed by atoms with Crippen LogP contribution in [0.1, 0.15) is 64.5 Å². The predicted molar refractivity (Wildman–Crippen MR) is 155 cm³/mol. The van der Waals surface area contributed by atoms with Crippen molar-refractivity contribution in [1.29, 1.82) is 0 Å². The Morgan fingerprint density at radius 2 is 1.87 bits per heavy atom. The molecule has 8 nitrogen and oxygen atoms in total. The molecule has 1 fully saturated rings. The fourth-order valence-corrected chi connectivity index (χ4v) is 7.32. The highest BCUT2D eigenvalue weighted by Gasteiger charge is 2.33. The van der Waals surface area contributed by atoms with Gasteiger partial charge in [-0.15, -0.1) is 11.3 Å².